The molecule has 3 rings (SSSR count). The average Bonchev–Trinajstić information content (AvgIpc) is 2.90. The maximum Gasteiger partial charge on any atom is 0.0526 e. The summed E-state index contributed by atoms with van der Waals surface area (Å²) < 4.78 is 2.61. The van der Waals surface area contributed by atoms with E-state index in [1.165, 1.54) is 66.3 Å². The molecule has 1 heterocycles. The summed E-state index contributed by atoms with van der Waals surface area (Å²) in [6, 6.07) is 0. The zero-order valence-corrected chi connectivity index (χ0v) is 16.9. The van der Waals surface area contributed by atoms with E-state index in [9.17, 15) is 0 Å². The van der Waals surface area contributed by atoms with Crippen LogP contribution in [0.4, 0.5) is 0 Å². The van der Waals surface area contributed by atoms with Crippen molar-refractivity contribution in [3.05, 3.63) is 44.5 Å². The van der Waals surface area contributed by atoms with Crippen LogP contribution in [-0.2, 0) is 6.54 Å². The van der Waals surface area contributed by atoms with E-state index in [1.807, 2.05) is 0 Å². The molecule has 0 spiro atoms. The van der Waals surface area contributed by atoms with Crippen molar-refractivity contribution in [1.82, 2.24) is 4.57 Å². The highest BCUT2D eigenvalue weighted by Gasteiger charge is 2.22. The highest BCUT2D eigenvalue weighted by molar-refractivity contribution is 6.14. The Morgan fingerprint density at radius 2 is 0.833 bits per heavy atom. The highest BCUT2D eigenvalue weighted by atomic mass is 15.0. The maximum atomic E-state index is 2.61. The number of hydrogen-bond donors (Lipinski definition) is 0. The van der Waals surface area contributed by atoms with Crippen LogP contribution in [0.5, 0.6) is 0 Å². The van der Waals surface area contributed by atoms with Crippen molar-refractivity contribution in [2.45, 2.75) is 75.3 Å². The fraction of sp³-hybridized carbons (Fsp3) is 0.478. The Bertz CT molecular complexity index is 906. The van der Waals surface area contributed by atoms with Crippen LogP contribution in [0.1, 0.15) is 57.9 Å². The number of hydrogen-bond acceptors (Lipinski definition) is 0. The Labute approximate surface area is 146 Å². The van der Waals surface area contributed by atoms with Gasteiger partial charge in [-0.05, 0) is 106 Å². The minimum atomic E-state index is 1.09. The van der Waals surface area contributed by atoms with Crippen LogP contribution in [0.15, 0.2) is 0 Å². The quantitative estimate of drug-likeness (QED) is 0.496. The largest absolute Gasteiger partial charge is 0.340 e. The van der Waals surface area contributed by atoms with Crippen molar-refractivity contribution in [2.75, 3.05) is 0 Å². The SMILES string of the molecule is CCCn1c2c(C)c(C)c(C)c(C)c2c2c(C)c(C)c(C)c(C)c21. The lowest BCUT2D eigenvalue weighted by molar-refractivity contribution is 0.720. The number of aryl methyl sites for hydroxylation is 5. The van der Waals surface area contributed by atoms with Gasteiger partial charge in [0.1, 0.15) is 0 Å². The molecule has 0 saturated carbocycles. The topological polar surface area (TPSA) is 4.93 Å². The molecular formula is C23H31N. The summed E-state index contributed by atoms with van der Waals surface area (Å²) in [4.78, 5) is 0. The van der Waals surface area contributed by atoms with Gasteiger partial charge in [-0.25, -0.2) is 0 Å². The molecule has 128 valence electrons. The Balaban J connectivity index is 2.77. The monoisotopic (exact) mass is 321 g/mol. The van der Waals surface area contributed by atoms with E-state index in [1.54, 1.807) is 0 Å². The molecule has 0 aliphatic rings. The molecule has 0 bridgehead atoms. The van der Waals surface area contributed by atoms with Gasteiger partial charge in [0.2, 0.25) is 0 Å². The van der Waals surface area contributed by atoms with Gasteiger partial charge in [-0.2, -0.15) is 0 Å². The molecule has 0 saturated heterocycles. The zero-order chi connectivity index (χ0) is 17.9. The molecule has 0 amide bonds. The average molecular weight is 322 g/mol. The first kappa shape index (κ1) is 17.1. The van der Waals surface area contributed by atoms with Crippen LogP contribution >= 0.6 is 0 Å². The molecule has 1 nitrogen and oxygen atoms in total. The molecule has 24 heavy (non-hydrogen) atoms. The van der Waals surface area contributed by atoms with Gasteiger partial charge in [-0.3, -0.25) is 0 Å². The summed E-state index contributed by atoms with van der Waals surface area (Å²) in [5.41, 5.74) is 14.5. The molecule has 1 heteroatoms. The van der Waals surface area contributed by atoms with Gasteiger partial charge in [0.15, 0.2) is 0 Å². The van der Waals surface area contributed by atoms with E-state index in [4.69, 9.17) is 0 Å². The Morgan fingerprint density at radius 3 is 1.17 bits per heavy atom. The second-order valence-corrected chi connectivity index (χ2v) is 7.60. The zero-order valence-electron chi connectivity index (χ0n) is 16.9. The van der Waals surface area contributed by atoms with Crippen molar-refractivity contribution in [3.63, 3.8) is 0 Å². The molecule has 0 radical (unpaired) electrons. The van der Waals surface area contributed by atoms with Gasteiger partial charge in [-0.1, -0.05) is 6.92 Å². The van der Waals surface area contributed by atoms with Crippen molar-refractivity contribution >= 4 is 21.8 Å². The summed E-state index contributed by atoms with van der Waals surface area (Å²) >= 11 is 0. The molecule has 0 atom stereocenters. The van der Waals surface area contributed by atoms with Crippen LogP contribution < -0.4 is 0 Å². The number of rotatable bonds is 2. The third-order valence-corrected chi connectivity index (χ3v) is 6.55. The Kier molecular flexibility index (Phi) is 4.02. The normalized spacial score (nSPS) is 11.9. The van der Waals surface area contributed by atoms with Gasteiger partial charge in [0.25, 0.3) is 0 Å². The van der Waals surface area contributed by atoms with E-state index in [0.717, 1.165) is 13.0 Å². The van der Waals surface area contributed by atoms with Gasteiger partial charge in [0, 0.05) is 17.3 Å². The summed E-state index contributed by atoms with van der Waals surface area (Å²) in [5.74, 6) is 0. The van der Waals surface area contributed by atoms with E-state index in [-0.39, 0.29) is 0 Å². The second kappa shape index (κ2) is 5.65. The fourth-order valence-corrected chi connectivity index (χ4v) is 4.43. The highest BCUT2D eigenvalue weighted by Crippen LogP contribution is 2.41. The molecule has 1 aromatic heterocycles. The van der Waals surface area contributed by atoms with E-state index < -0.39 is 0 Å². The van der Waals surface area contributed by atoms with Crippen LogP contribution in [0.3, 0.4) is 0 Å². The minimum absolute atomic E-state index is 1.09. The summed E-state index contributed by atoms with van der Waals surface area (Å²) in [6.45, 7) is 21.7. The molecular weight excluding hydrogens is 290 g/mol. The molecule has 2 aromatic carbocycles. The first-order chi connectivity index (χ1) is 11.2. The Hall–Kier alpha value is -1.76. The summed E-state index contributed by atoms with van der Waals surface area (Å²) in [7, 11) is 0. The van der Waals surface area contributed by atoms with Crippen LogP contribution in [0, 0.1) is 55.4 Å². The van der Waals surface area contributed by atoms with Crippen molar-refractivity contribution in [2.24, 2.45) is 0 Å². The lowest BCUT2D eigenvalue weighted by Crippen LogP contribution is -2.02. The van der Waals surface area contributed by atoms with Gasteiger partial charge in [0.05, 0.1) is 11.0 Å². The standard InChI is InChI=1S/C23H31N/c1-10-11-24-22-18(8)14(4)12(2)16(6)20(22)21-17(7)13(3)15(5)19(9)23(21)24/h10-11H2,1-9H3. The minimum Gasteiger partial charge on any atom is -0.340 e. The van der Waals surface area contributed by atoms with E-state index in [0.29, 0.717) is 0 Å². The fourth-order valence-electron chi connectivity index (χ4n) is 4.43. The number of fused-ring (bicyclic) bond motifs is 3. The molecule has 0 unspecified atom stereocenters. The molecule has 0 aliphatic carbocycles. The first-order valence-corrected chi connectivity index (χ1v) is 9.22. The smallest absolute Gasteiger partial charge is 0.0526 e. The summed E-state index contributed by atoms with van der Waals surface area (Å²) in [5, 5.41) is 2.98. The van der Waals surface area contributed by atoms with Crippen molar-refractivity contribution in [3.8, 4) is 0 Å². The third kappa shape index (κ3) is 2.00. The van der Waals surface area contributed by atoms with E-state index >= 15 is 0 Å². The van der Waals surface area contributed by atoms with Gasteiger partial charge >= 0.3 is 0 Å². The predicted octanol–water partition coefficient (Wildman–Crippen LogP) is 6.67. The lowest BCUT2D eigenvalue weighted by atomic mass is 9.90. The van der Waals surface area contributed by atoms with Crippen LogP contribution in [0.25, 0.3) is 21.8 Å². The molecule has 0 aliphatic heterocycles. The van der Waals surface area contributed by atoms with Crippen LogP contribution in [0.2, 0.25) is 0 Å². The van der Waals surface area contributed by atoms with E-state index in [2.05, 4.69) is 66.9 Å². The van der Waals surface area contributed by atoms with Crippen molar-refractivity contribution in [1.29, 1.82) is 0 Å². The molecule has 3 aromatic rings. The van der Waals surface area contributed by atoms with Crippen molar-refractivity contribution < 1.29 is 0 Å². The Morgan fingerprint density at radius 1 is 0.500 bits per heavy atom. The molecule has 0 fully saturated rings. The predicted molar refractivity (Wildman–Crippen MR) is 108 cm³/mol. The van der Waals surface area contributed by atoms with Gasteiger partial charge < -0.3 is 4.57 Å². The summed E-state index contributed by atoms with van der Waals surface area (Å²) in [6.07, 6.45) is 1.16. The number of benzene rings is 2. The third-order valence-electron chi connectivity index (χ3n) is 6.55. The lowest BCUT2D eigenvalue weighted by Gasteiger charge is -2.15. The van der Waals surface area contributed by atoms with Gasteiger partial charge in [-0.15, -0.1) is 0 Å². The second-order valence-electron chi connectivity index (χ2n) is 7.60. The first-order valence-electron chi connectivity index (χ1n) is 9.22. The number of nitrogens with zero attached hydrogens (tertiary/aromatic N) is 1. The van der Waals surface area contributed by atoms with Crippen LogP contribution in [-0.4, -0.2) is 4.57 Å². The maximum absolute atomic E-state index is 2.61. The molecule has 0 N–H and O–H groups in total. The number of aromatic nitrogens is 1.